The van der Waals surface area contributed by atoms with Gasteiger partial charge in [-0.1, -0.05) is 0 Å². The number of nitrogens with zero attached hydrogens (tertiary/aromatic N) is 2. The van der Waals surface area contributed by atoms with E-state index >= 15 is 0 Å². The predicted octanol–water partition coefficient (Wildman–Crippen LogP) is 2.40. The predicted molar refractivity (Wildman–Crippen MR) is 76.4 cm³/mol. The number of hydrogen-bond donors (Lipinski definition) is 0. The van der Waals surface area contributed by atoms with Crippen LogP contribution in [-0.2, 0) is 9.53 Å². The smallest absolute Gasteiger partial charge is 0.410 e. The van der Waals surface area contributed by atoms with Crippen molar-refractivity contribution in [1.29, 1.82) is 0 Å². The number of hydrogen-bond acceptors (Lipinski definition) is 3. The van der Waals surface area contributed by atoms with Crippen LogP contribution in [0.15, 0.2) is 0 Å². The number of carbonyl (C=O) groups excluding carboxylic acids is 2. The van der Waals surface area contributed by atoms with Gasteiger partial charge in [0.25, 0.3) is 0 Å². The van der Waals surface area contributed by atoms with Crippen LogP contribution >= 0.6 is 0 Å². The highest BCUT2D eigenvalue weighted by Crippen LogP contribution is 2.22. The van der Waals surface area contributed by atoms with Gasteiger partial charge in [0.1, 0.15) is 5.60 Å². The maximum absolute atomic E-state index is 12.1. The molecule has 1 unspecified atom stereocenters. The van der Waals surface area contributed by atoms with Gasteiger partial charge in [-0.05, 0) is 46.5 Å². The normalized spacial score (nSPS) is 24.8. The molecule has 20 heavy (non-hydrogen) atoms. The van der Waals surface area contributed by atoms with E-state index in [2.05, 4.69) is 0 Å². The average molecular weight is 282 g/mol. The van der Waals surface area contributed by atoms with Crippen LogP contribution in [0.1, 0.15) is 52.9 Å². The van der Waals surface area contributed by atoms with Gasteiger partial charge in [0, 0.05) is 32.1 Å². The average Bonchev–Trinajstić information content (AvgIpc) is 2.37. The fourth-order valence-corrected chi connectivity index (χ4v) is 2.91. The molecular weight excluding hydrogens is 256 g/mol. The van der Waals surface area contributed by atoms with Crippen LogP contribution in [0, 0.1) is 0 Å². The largest absolute Gasteiger partial charge is 0.444 e. The van der Waals surface area contributed by atoms with Crippen molar-refractivity contribution in [2.75, 3.05) is 19.6 Å². The molecule has 2 saturated heterocycles. The molecule has 0 aromatic carbocycles. The lowest BCUT2D eigenvalue weighted by Gasteiger charge is -2.41. The van der Waals surface area contributed by atoms with Crippen LogP contribution in [0.2, 0.25) is 0 Å². The van der Waals surface area contributed by atoms with E-state index in [1.165, 1.54) is 0 Å². The summed E-state index contributed by atoms with van der Waals surface area (Å²) in [6, 6.07) is 0.170. The molecule has 5 heteroatoms. The zero-order valence-corrected chi connectivity index (χ0v) is 12.9. The van der Waals surface area contributed by atoms with E-state index < -0.39 is 5.60 Å². The molecule has 2 rings (SSSR count). The highest BCUT2D eigenvalue weighted by molar-refractivity contribution is 5.77. The van der Waals surface area contributed by atoms with Gasteiger partial charge in [-0.3, -0.25) is 4.79 Å². The Morgan fingerprint density at radius 3 is 2.60 bits per heavy atom. The summed E-state index contributed by atoms with van der Waals surface area (Å²) in [5.41, 5.74) is -0.467. The highest BCUT2D eigenvalue weighted by Gasteiger charge is 2.33. The minimum absolute atomic E-state index is 0.170. The maximum Gasteiger partial charge on any atom is 0.410 e. The summed E-state index contributed by atoms with van der Waals surface area (Å²) in [5, 5.41) is 0. The molecule has 2 amide bonds. The quantitative estimate of drug-likeness (QED) is 0.742. The van der Waals surface area contributed by atoms with Crippen molar-refractivity contribution in [3.63, 3.8) is 0 Å². The fourth-order valence-electron chi connectivity index (χ4n) is 2.91. The molecule has 1 atom stereocenters. The second-order valence-electron chi connectivity index (χ2n) is 6.77. The van der Waals surface area contributed by atoms with Crippen molar-refractivity contribution in [2.24, 2.45) is 0 Å². The zero-order valence-electron chi connectivity index (χ0n) is 12.9. The summed E-state index contributed by atoms with van der Waals surface area (Å²) in [5.74, 6) is 0.243. The first-order chi connectivity index (χ1) is 9.37. The minimum atomic E-state index is -0.467. The number of rotatable bonds is 1. The van der Waals surface area contributed by atoms with E-state index in [4.69, 9.17) is 4.74 Å². The van der Waals surface area contributed by atoms with Crippen molar-refractivity contribution >= 4 is 12.0 Å². The standard InChI is InChI=1S/C15H26N2O3/c1-15(2,3)20-14(19)16-9-6-7-12(11-16)17-10-5-4-8-13(17)18/h12H,4-11H2,1-3H3. The molecule has 2 aliphatic rings. The summed E-state index contributed by atoms with van der Waals surface area (Å²) >= 11 is 0. The Hall–Kier alpha value is -1.26. The molecule has 5 nitrogen and oxygen atoms in total. The molecule has 0 aromatic rings. The van der Waals surface area contributed by atoms with Gasteiger partial charge in [0.2, 0.25) is 5.91 Å². The van der Waals surface area contributed by atoms with Crippen molar-refractivity contribution in [2.45, 2.75) is 64.5 Å². The van der Waals surface area contributed by atoms with Crippen molar-refractivity contribution in [3.8, 4) is 0 Å². The topological polar surface area (TPSA) is 49.9 Å². The Kier molecular flexibility index (Phi) is 4.55. The van der Waals surface area contributed by atoms with Crippen LogP contribution in [0.5, 0.6) is 0 Å². The van der Waals surface area contributed by atoms with E-state index in [1.807, 2.05) is 25.7 Å². The third kappa shape index (κ3) is 3.87. The third-order valence-electron chi connectivity index (χ3n) is 3.85. The lowest BCUT2D eigenvalue weighted by Crippen LogP contribution is -2.53. The first-order valence-electron chi connectivity index (χ1n) is 7.64. The Bertz CT molecular complexity index is 376. The molecule has 0 bridgehead atoms. The number of likely N-dealkylation sites (tertiary alicyclic amines) is 2. The van der Waals surface area contributed by atoms with Gasteiger partial charge >= 0.3 is 6.09 Å². The van der Waals surface area contributed by atoms with Gasteiger partial charge in [-0.15, -0.1) is 0 Å². The van der Waals surface area contributed by atoms with E-state index in [0.717, 1.165) is 38.8 Å². The first-order valence-corrected chi connectivity index (χ1v) is 7.64. The first kappa shape index (κ1) is 15.1. The van der Waals surface area contributed by atoms with Crippen molar-refractivity contribution in [1.82, 2.24) is 9.80 Å². The highest BCUT2D eigenvalue weighted by atomic mass is 16.6. The van der Waals surface area contributed by atoms with Crippen molar-refractivity contribution in [3.05, 3.63) is 0 Å². The van der Waals surface area contributed by atoms with Gasteiger partial charge in [0.15, 0.2) is 0 Å². The monoisotopic (exact) mass is 282 g/mol. The SMILES string of the molecule is CC(C)(C)OC(=O)N1CCCC(N2CCCCC2=O)C1. The lowest BCUT2D eigenvalue weighted by atomic mass is 10.0. The Balaban J connectivity index is 1.94. The number of piperidine rings is 2. The van der Waals surface area contributed by atoms with E-state index in [-0.39, 0.29) is 18.0 Å². The summed E-state index contributed by atoms with van der Waals surface area (Å²) in [6.07, 6.45) is 4.40. The van der Waals surface area contributed by atoms with Crippen molar-refractivity contribution < 1.29 is 14.3 Å². The number of carbonyl (C=O) groups is 2. The fraction of sp³-hybridized carbons (Fsp3) is 0.867. The molecule has 0 N–H and O–H groups in total. The van der Waals surface area contributed by atoms with Gasteiger partial charge in [0.05, 0.1) is 0 Å². The summed E-state index contributed by atoms with van der Waals surface area (Å²) in [4.78, 5) is 27.8. The molecule has 2 fully saturated rings. The molecule has 2 aliphatic heterocycles. The van der Waals surface area contributed by atoms with Crippen LogP contribution in [0.25, 0.3) is 0 Å². The molecule has 114 valence electrons. The summed E-state index contributed by atoms with van der Waals surface area (Å²) < 4.78 is 5.42. The molecule has 0 aromatic heterocycles. The zero-order chi connectivity index (χ0) is 14.8. The second-order valence-corrected chi connectivity index (χ2v) is 6.77. The van der Waals surface area contributed by atoms with Crippen LogP contribution in [0.3, 0.4) is 0 Å². The summed E-state index contributed by atoms with van der Waals surface area (Å²) in [7, 11) is 0. The Morgan fingerprint density at radius 2 is 1.95 bits per heavy atom. The third-order valence-corrected chi connectivity index (χ3v) is 3.85. The van der Waals surface area contributed by atoms with Crippen LogP contribution < -0.4 is 0 Å². The van der Waals surface area contributed by atoms with E-state index in [1.54, 1.807) is 4.90 Å². The van der Waals surface area contributed by atoms with Gasteiger partial charge in [-0.25, -0.2) is 4.79 Å². The summed E-state index contributed by atoms with van der Waals surface area (Å²) in [6.45, 7) is 7.81. The maximum atomic E-state index is 12.1. The van der Waals surface area contributed by atoms with Gasteiger partial charge in [-0.2, -0.15) is 0 Å². The van der Waals surface area contributed by atoms with Crippen LogP contribution in [0.4, 0.5) is 4.79 Å². The number of amides is 2. The number of ether oxygens (including phenoxy) is 1. The molecule has 0 spiro atoms. The van der Waals surface area contributed by atoms with E-state index in [9.17, 15) is 9.59 Å². The van der Waals surface area contributed by atoms with E-state index in [0.29, 0.717) is 13.0 Å². The molecule has 0 aliphatic carbocycles. The Labute approximate surface area is 121 Å². The molecular formula is C15H26N2O3. The molecule has 2 heterocycles. The van der Waals surface area contributed by atoms with Crippen LogP contribution in [-0.4, -0.2) is 53.1 Å². The molecule has 0 radical (unpaired) electrons. The minimum Gasteiger partial charge on any atom is -0.444 e. The van der Waals surface area contributed by atoms with Gasteiger partial charge < -0.3 is 14.5 Å². The Morgan fingerprint density at radius 1 is 1.20 bits per heavy atom. The molecule has 0 saturated carbocycles. The lowest BCUT2D eigenvalue weighted by molar-refractivity contribution is -0.137. The second kappa shape index (κ2) is 6.02.